The number of methoxy groups -OCH3 is 2. The van der Waals surface area contributed by atoms with Crippen LogP contribution in [0.3, 0.4) is 0 Å². The van der Waals surface area contributed by atoms with Crippen molar-refractivity contribution in [1.29, 1.82) is 0 Å². The molecule has 1 heterocycles. The summed E-state index contributed by atoms with van der Waals surface area (Å²) < 4.78 is 30.0. The molecule has 2 aromatic carbocycles. The maximum Gasteiger partial charge on any atom is 0.193 e. The summed E-state index contributed by atoms with van der Waals surface area (Å²) in [4.78, 5) is 6.67. The molecular weight excluding hydrogens is 397 g/mol. The van der Waals surface area contributed by atoms with Crippen molar-refractivity contribution < 1.29 is 18.6 Å². The predicted molar refractivity (Wildman–Crippen MR) is 120 cm³/mol. The third-order valence-electron chi connectivity index (χ3n) is 5.39. The highest BCUT2D eigenvalue weighted by Crippen LogP contribution is 2.28. The summed E-state index contributed by atoms with van der Waals surface area (Å²) in [5, 5.41) is 3.47. The van der Waals surface area contributed by atoms with Gasteiger partial charge in [0.05, 0.1) is 26.9 Å². The van der Waals surface area contributed by atoms with Crippen molar-refractivity contribution >= 4 is 5.96 Å². The van der Waals surface area contributed by atoms with E-state index in [-0.39, 0.29) is 18.0 Å². The van der Waals surface area contributed by atoms with E-state index in [4.69, 9.17) is 14.2 Å². The number of morpholine rings is 1. The summed E-state index contributed by atoms with van der Waals surface area (Å²) in [6, 6.07) is 12.5. The van der Waals surface area contributed by atoms with Gasteiger partial charge in [-0.2, -0.15) is 0 Å². The maximum absolute atomic E-state index is 13.3. The van der Waals surface area contributed by atoms with Crippen molar-refractivity contribution in [3.63, 3.8) is 0 Å². The zero-order chi connectivity index (χ0) is 22.2. The minimum absolute atomic E-state index is 0.0501. The average Bonchev–Trinajstić information content (AvgIpc) is 2.79. The Bertz CT molecular complexity index is 873. The van der Waals surface area contributed by atoms with Crippen molar-refractivity contribution in [2.24, 2.45) is 4.99 Å². The van der Waals surface area contributed by atoms with Crippen LogP contribution in [0.4, 0.5) is 4.39 Å². The Labute approximate surface area is 184 Å². The second-order valence-corrected chi connectivity index (χ2v) is 7.66. The monoisotopic (exact) mass is 429 g/mol. The molecule has 1 aliphatic heterocycles. The molecule has 2 atom stereocenters. The number of hydrogen-bond acceptors (Lipinski definition) is 4. The quantitative estimate of drug-likeness (QED) is 0.412. The lowest BCUT2D eigenvalue weighted by atomic mass is 10.1. The number of aliphatic imine (C=N–C) groups is 1. The fourth-order valence-corrected chi connectivity index (χ4v) is 3.85. The van der Waals surface area contributed by atoms with Gasteiger partial charge in [0.15, 0.2) is 17.5 Å². The van der Waals surface area contributed by atoms with Gasteiger partial charge in [-0.1, -0.05) is 18.2 Å². The summed E-state index contributed by atoms with van der Waals surface area (Å²) in [7, 11) is 5.08. The van der Waals surface area contributed by atoms with Gasteiger partial charge in [-0.15, -0.1) is 0 Å². The summed E-state index contributed by atoms with van der Waals surface area (Å²) >= 11 is 0. The molecule has 0 bridgehead atoms. The molecule has 1 N–H and O–H groups in total. The van der Waals surface area contributed by atoms with Crippen molar-refractivity contribution in [3.8, 4) is 11.5 Å². The highest BCUT2D eigenvalue weighted by atomic mass is 19.1. The van der Waals surface area contributed by atoms with Crippen LogP contribution in [0.1, 0.15) is 30.6 Å². The zero-order valence-electron chi connectivity index (χ0n) is 18.7. The fraction of sp³-hybridized carbons (Fsp3) is 0.458. The second kappa shape index (κ2) is 11.0. The van der Waals surface area contributed by atoms with E-state index in [9.17, 15) is 4.39 Å². The largest absolute Gasteiger partial charge is 0.493 e. The van der Waals surface area contributed by atoms with E-state index >= 15 is 0 Å². The number of aryl methyl sites for hydroxylation is 1. The van der Waals surface area contributed by atoms with Crippen LogP contribution in [0.5, 0.6) is 11.5 Å². The van der Waals surface area contributed by atoms with E-state index in [1.807, 2.05) is 19.1 Å². The lowest BCUT2D eigenvalue weighted by molar-refractivity contribution is -0.0605. The molecular formula is C24H32FN3O3. The first kappa shape index (κ1) is 22.9. The SMILES string of the molecule is CN=C(NCCCc1ccc(OC)c(OC)c1)N1CC(C)OC(c2ccc(F)cc2)C1. The Balaban J connectivity index is 1.54. The van der Waals surface area contributed by atoms with Gasteiger partial charge in [0.1, 0.15) is 11.9 Å². The first-order valence-electron chi connectivity index (χ1n) is 10.6. The lowest BCUT2D eigenvalue weighted by Gasteiger charge is -2.38. The van der Waals surface area contributed by atoms with Crippen molar-refractivity contribution in [2.45, 2.75) is 32.0 Å². The molecule has 1 aliphatic rings. The molecule has 7 heteroatoms. The highest BCUT2D eigenvalue weighted by Gasteiger charge is 2.28. The van der Waals surface area contributed by atoms with Crippen molar-refractivity contribution in [3.05, 3.63) is 59.4 Å². The van der Waals surface area contributed by atoms with Crippen LogP contribution < -0.4 is 14.8 Å². The Hall–Kier alpha value is -2.80. The third-order valence-corrected chi connectivity index (χ3v) is 5.39. The predicted octanol–water partition coefficient (Wildman–Crippen LogP) is 3.81. The molecule has 2 aromatic rings. The molecule has 0 radical (unpaired) electrons. The molecule has 0 amide bonds. The Morgan fingerprint density at radius 3 is 2.55 bits per heavy atom. The number of ether oxygens (including phenoxy) is 3. The number of guanidine groups is 1. The summed E-state index contributed by atoms with van der Waals surface area (Å²) in [5.41, 5.74) is 2.17. The van der Waals surface area contributed by atoms with Gasteiger partial charge in [0.2, 0.25) is 0 Å². The van der Waals surface area contributed by atoms with Gasteiger partial charge in [0, 0.05) is 20.1 Å². The first-order valence-corrected chi connectivity index (χ1v) is 10.6. The molecule has 1 fully saturated rings. The number of nitrogens with one attached hydrogen (secondary N) is 1. The number of benzene rings is 2. The molecule has 0 aliphatic carbocycles. The number of rotatable bonds is 7. The van der Waals surface area contributed by atoms with E-state index in [0.29, 0.717) is 6.54 Å². The van der Waals surface area contributed by atoms with E-state index in [2.05, 4.69) is 21.3 Å². The second-order valence-electron chi connectivity index (χ2n) is 7.66. The van der Waals surface area contributed by atoms with Gasteiger partial charge in [-0.3, -0.25) is 4.99 Å². The number of halogens is 1. The first-order chi connectivity index (χ1) is 15.0. The highest BCUT2D eigenvalue weighted by molar-refractivity contribution is 5.80. The Morgan fingerprint density at radius 1 is 1.13 bits per heavy atom. The fourth-order valence-electron chi connectivity index (χ4n) is 3.85. The molecule has 2 unspecified atom stereocenters. The van der Waals surface area contributed by atoms with Gasteiger partial charge in [-0.05, 0) is 55.2 Å². The van der Waals surface area contributed by atoms with Crippen LogP contribution in [0, 0.1) is 5.82 Å². The van der Waals surface area contributed by atoms with Crippen molar-refractivity contribution in [1.82, 2.24) is 10.2 Å². The van der Waals surface area contributed by atoms with Gasteiger partial charge in [0.25, 0.3) is 0 Å². The smallest absolute Gasteiger partial charge is 0.193 e. The Morgan fingerprint density at radius 2 is 1.87 bits per heavy atom. The van der Waals surface area contributed by atoms with Crippen LogP contribution in [0.15, 0.2) is 47.5 Å². The minimum Gasteiger partial charge on any atom is -0.493 e. The van der Waals surface area contributed by atoms with E-state index in [1.165, 1.54) is 17.7 Å². The van der Waals surface area contributed by atoms with Crippen LogP contribution in [0.25, 0.3) is 0 Å². The van der Waals surface area contributed by atoms with Crippen LogP contribution in [0.2, 0.25) is 0 Å². The van der Waals surface area contributed by atoms with Crippen LogP contribution in [-0.2, 0) is 11.2 Å². The molecule has 3 rings (SSSR count). The molecule has 0 spiro atoms. The summed E-state index contributed by atoms with van der Waals surface area (Å²) in [5.74, 6) is 2.10. The van der Waals surface area contributed by atoms with E-state index in [0.717, 1.165) is 49.0 Å². The van der Waals surface area contributed by atoms with Gasteiger partial charge < -0.3 is 24.4 Å². The molecule has 31 heavy (non-hydrogen) atoms. The zero-order valence-corrected chi connectivity index (χ0v) is 18.7. The molecule has 6 nitrogen and oxygen atoms in total. The topological polar surface area (TPSA) is 55.3 Å². The lowest BCUT2D eigenvalue weighted by Crippen LogP contribution is -2.50. The molecule has 0 aromatic heterocycles. The summed E-state index contributed by atoms with van der Waals surface area (Å²) in [6.45, 7) is 4.28. The molecule has 1 saturated heterocycles. The number of nitrogens with zero attached hydrogens (tertiary/aromatic N) is 2. The summed E-state index contributed by atoms with van der Waals surface area (Å²) in [6.07, 6.45) is 1.81. The maximum atomic E-state index is 13.3. The van der Waals surface area contributed by atoms with Crippen LogP contribution in [-0.4, -0.2) is 57.9 Å². The van der Waals surface area contributed by atoms with Gasteiger partial charge in [-0.25, -0.2) is 4.39 Å². The van der Waals surface area contributed by atoms with E-state index < -0.39 is 0 Å². The van der Waals surface area contributed by atoms with Crippen molar-refractivity contribution in [2.75, 3.05) is 40.9 Å². The Kier molecular flexibility index (Phi) is 8.12. The van der Waals surface area contributed by atoms with E-state index in [1.54, 1.807) is 33.4 Å². The average molecular weight is 430 g/mol. The molecule has 168 valence electrons. The minimum atomic E-state index is -0.239. The van der Waals surface area contributed by atoms with Gasteiger partial charge >= 0.3 is 0 Å². The van der Waals surface area contributed by atoms with Crippen LogP contribution >= 0.6 is 0 Å². The molecule has 0 saturated carbocycles. The number of hydrogen-bond donors (Lipinski definition) is 1. The normalized spacial score (nSPS) is 19.3. The third kappa shape index (κ3) is 6.10. The standard InChI is InChI=1S/C24H32FN3O3/c1-17-15-28(16-23(31-17)19-8-10-20(25)11-9-19)24(26-2)27-13-5-6-18-7-12-21(29-3)22(14-18)30-4/h7-12,14,17,23H,5-6,13,15-16H2,1-4H3,(H,26,27).